The summed E-state index contributed by atoms with van der Waals surface area (Å²) in [5, 5.41) is 7.44. The van der Waals surface area contributed by atoms with Gasteiger partial charge in [-0.3, -0.25) is 23.9 Å². The van der Waals surface area contributed by atoms with E-state index in [9.17, 15) is 23.6 Å². The van der Waals surface area contributed by atoms with E-state index in [1.54, 1.807) is 29.2 Å². The summed E-state index contributed by atoms with van der Waals surface area (Å²) in [6.45, 7) is -0.296. The fourth-order valence-electron chi connectivity index (χ4n) is 5.70. The molecule has 12 heteroatoms. The van der Waals surface area contributed by atoms with Gasteiger partial charge in [0.15, 0.2) is 5.69 Å². The Morgan fingerprint density at radius 1 is 1.13 bits per heavy atom. The summed E-state index contributed by atoms with van der Waals surface area (Å²) in [4.78, 5) is 51.8. The number of aromatic nitrogens is 2. The molecule has 10 nitrogen and oxygen atoms in total. The molecule has 2 fully saturated rings. The number of hydrogen-bond donors (Lipinski definition) is 3. The molecular weight excluding hydrogens is 515 g/mol. The molecule has 1 saturated heterocycles. The number of likely N-dealkylation sites (tertiary alicyclic amines) is 1. The second-order valence-corrected chi connectivity index (χ2v) is 10.2. The molecule has 0 spiro atoms. The molecule has 1 saturated carbocycles. The lowest BCUT2D eigenvalue weighted by molar-refractivity contribution is -0.143. The second kappa shape index (κ2) is 10.1. The zero-order valence-corrected chi connectivity index (χ0v) is 21.1. The zero-order chi connectivity index (χ0) is 27.1. The number of carbonyl (C=O) groups is 4. The van der Waals surface area contributed by atoms with Crippen LogP contribution < -0.4 is 16.8 Å². The molecule has 3 atom stereocenters. The predicted octanol–water partition coefficient (Wildman–Crippen LogP) is 1.65. The van der Waals surface area contributed by atoms with Crippen LogP contribution in [0.4, 0.5) is 4.39 Å². The molecule has 198 valence electrons. The van der Waals surface area contributed by atoms with Gasteiger partial charge in [0.1, 0.15) is 18.4 Å². The van der Waals surface area contributed by atoms with Crippen LogP contribution in [0.15, 0.2) is 36.4 Å². The van der Waals surface area contributed by atoms with E-state index in [1.165, 1.54) is 16.8 Å². The lowest BCUT2D eigenvalue weighted by Gasteiger charge is -2.34. The lowest BCUT2D eigenvalue weighted by atomic mass is 9.97. The average molecular weight is 541 g/mol. The molecule has 2 aromatic carbocycles. The molecule has 1 aromatic heterocycles. The molecule has 2 heterocycles. The third-order valence-corrected chi connectivity index (χ3v) is 7.63. The minimum absolute atomic E-state index is 0.000732. The number of carbonyl (C=O) groups excluding carboxylic acids is 4. The first-order chi connectivity index (χ1) is 18.1. The Balaban J connectivity index is 1.39. The fraction of sp³-hybridized carbons (Fsp3) is 0.346. The molecule has 5 N–H and O–H groups in total. The average Bonchev–Trinajstić information content (AvgIpc) is 3.58. The highest BCUT2D eigenvalue weighted by Gasteiger charge is 2.51. The Bertz CT molecular complexity index is 1470. The second-order valence-electron chi connectivity index (χ2n) is 9.77. The molecule has 4 amide bonds. The van der Waals surface area contributed by atoms with Gasteiger partial charge in [-0.25, -0.2) is 4.39 Å². The van der Waals surface area contributed by atoms with Gasteiger partial charge >= 0.3 is 0 Å². The third kappa shape index (κ3) is 4.69. The van der Waals surface area contributed by atoms with Gasteiger partial charge < -0.3 is 21.7 Å². The lowest BCUT2D eigenvalue weighted by Crippen LogP contribution is -2.53. The first-order valence-corrected chi connectivity index (χ1v) is 12.6. The van der Waals surface area contributed by atoms with Gasteiger partial charge in [-0.15, -0.1) is 0 Å². The molecule has 2 aliphatic rings. The minimum Gasteiger partial charge on any atom is -0.369 e. The number of nitrogens with one attached hydrogen (secondary N) is 1. The van der Waals surface area contributed by atoms with Crippen molar-refractivity contribution in [2.45, 2.75) is 50.9 Å². The number of halogens is 2. The maximum absolute atomic E-state index is 14.3. The van der Waals surface area contributed by atoms with E-state index in [0.29, 0.717) is 22.9 Å². The molecule has 1 aliphatic carbocycles. The van der Waals surface area contributed by atoms with Crippen molar-refractivity contribution < 1.29 is 23.6 Å². The van der Waals surface area contributed by atoms with Crippen molar-refractivity contribution in [2.24, 2.45) is 17.4 Å². The first kappa shape index (κ1) is 25.7. The van der Waals surface area contributed by atoms with Crippen LogP contribution in [0.25, 0.3) is 10.9 Å². The van der Waals surface area contributed by atoms with Crippen LogP contribution in [0, 0.1) is 11.7 Å². The molecule has 0 radical (unpaired) electrons. The molecule has 38 heavy (non-hydrogen) atoms. The maximum atomic E-state index is 14.3. The highest BCUT2D eigenvalue weighted by Crippen LogP contribution is 2.42. The van der Waals surface area contributed by atoms with Crippen molar-refractivity contribution >= 4 is 46.1 Å². The molecule has 1 aliphatic heterocycles. The summed E-state index contributed by atoms with van der Waals surface area (Å²) in [6.07, 6.45) is 2.26. The molecule has 5 rings (SSSR count). The van der Waals surface area contributed by atoms with Gasteiger partial charge in [0.25, 0.3) is 5.91 Å². The molecule has 3 aromatic rings. The van der Waals surface area contributed by atoms with Crippen LogP contribution in [-0.2, 0) is 33.9 Å². The smallest absolute Gasteiger partial charge is 0.269 e. The monoisotopic (exact) mass is 540 g/mol. The van der Waals surface area contributed by atoms with Crippen LogP contribution in [0.1, 0.15) is 40.9 Å². The number of benzene rings is 2. The Labute approximate surface area is 222 Å². The van der Waals surface area contributed by atoms with Crippen molar-refractivity contribution in [2.75, 3.05) is 0 Å². The van der Waals surface area contributed by atoms with Gasteiger partial charge in [-0.1, -0.05) is 35.9 Å². The van der Waals surface area contributed by atoms with Crippen LogP contribution in [0.5, 0.6) is 0 Å². The summed E-state index contributed by atoms with van der Waals surface area (Å²) < 4.78 is 15.7. The standard InChI is InChI=1S/C26H26ClFN6O4/c27-18-3-1-2-15(22(18)28)11-31-26(38)24-14-5-6-16(10-14)34(24)21(36)12-33-19-8-13(9-20(29)35)4-7-17(19)23(32-33)25(30)37/h1-4,7-8,14,16,24H,5-6,9-12H2,(H2,29,35)(H2,30,37)(H,31,38)/t14-,16+,24-/m0/s1. The van der Waals surface area contributed by atoms with Crippen LogP contribution in [-0.4, -0.2) is 50.4 Å². The highest BCUT2D eigenvalue weighted by atomic mass is 35.5. The van der Waals surface area contributed by atoms with Crippen molar-refractivity contribution in [3.8, 4) is 0 Å². The Hall–Kier alpha value is -3.99. The van der Waals surface area contributed by atoms with E-state index in [0.717, 1.165) is 12.8 Å². The number of nitrogens with zero attached hydrogens (tertiary/aromatic N) is 3. The van der Waals surface area contributed by atoms with Gasteiger partial charge in [0.2, 0.25) is 17.7 Å². The van der Waals surface area contributed by atoms with E-state index in [-0.39, 0.29) is 59.6 Å². The Kier molecular flexibility index (Phi) is 6.78. The van der Waals surface area contributed by atoms with Crippen molar-refractivity contribution in [1.82, 2.24) is 20.0 Å². The van der Waals surface area contributed by atoms with Gasteiger partial charge in [-0.2, -0.15) is 5.10 Å². The molecule has 0 unspecified atom stereocenters. The van der Waals surface area contributed by atoms with Crippen LogP contribution in [0.2, 0.25) is 5.02 Å². The summed E-state index contributed by atoms with van der Waals surface area (Å²) in [5.74, 6) is -2.59. The number of rotatable bonds is 8. The Morgan fingerprint density at radius 3 is 2.66 bits per heavy atom. The normalized spacial score (nSPS) is 20.2. The van der Waals surface area contributed by atoms with E-state index < -0.39 is 23.7 Å². The first-order valence-electron chi connectivity index (χ1n) is 12.2. The van der Waals surface area contributed by atoms with Crippen LogP contribution >= 0.6 is 11.6 Å². The summed E-state index contributed by atoms with van der Waals surface area (Å²) >= 11 is 5.85. The van der Waals surface area contributed by atoms with Gasteiger partial charge in [-0.05, 0) is 42.9 Å². The van der Waals surface area contributed by atoms with Crippen molar-refractivity contribution in [3.63, 3.8) is 0 Å². The number of nitrogens with two attached hydrogens (primary N) is 2. The maximum Gasteiger partial charge on any atom is 0.269 e. The number of fused-ring (bicyclic) bond motifs is 3. The predicted molar refractivity (Wildman–Crippen MR) is 136 cm³/mol. The molecule has 2 bridgehead atoms. The zero-order valence-electron chi connectivity index (χ0n) is 20.3. The topological polar surface area (TPSA) is 153 Å². The highest BCUT2D eigenvalue weighted by molar-refractivity contribution is 6.30. The number of amides is 4. The largest absolute Gasteiger partial charge is 0.369 e. The summed E-state index contributed by atoms with van der Waals surface area (Å²) in [6, 6.07) is 8.67. The number of primary amides is 2. The summed E-state index contributed by atoms with van der Waals surface area (Å²) in [5.41, 5.74) is 12.1. The minimum atomic E-state index is -0.755. The SMILES string of the molecule is NC(=O)Cc1ccc2c(C(N)=O)nn(CC(=O)N3[C@@H]4CC[C@@H](C4)[C@H]3C(=O)NCc3cccc(Cl)c3F)c2c1. The fourth-order valence-corrected chi connectivity index (χ4v) is 5.89. The van der Waals surface area contributed by atoms with E-state index in [4.69, 9.17) is 23.1 Å². The van der Waals surface area contributed by atoms with Crippen LogP contribution in [0.3, 0.4) is 0 Å². The van der Waals surface area contributed by atoms with E-state index >= 15 is 0 Å². The summed E-state index contributed by atoms with van der Waals surface area (Å²) in [7, 11) is 0. The van der Waals surface area contributed by atoms with E-state index in [2.05, 4.69) is 10.4 Å². The van der Waals surface area contributed by atoms with Gasteiger partial charge in [0, 0.05) is 23.5 Å². The quantitative estimate of drug-likeness (QED) is 0.396. The van der Waals surface area contributed by atoms with Crippen molar-refractivity contribution in [3.05, 3.63) is 64.1 Å². The van der Waals surface area contributed by atoms with Crippen molar-refractivity contribution in [1.29, 1.82) is 0 Å². The third-order valence-electron chi connectivity index (χ3n) is 7.34. The Morgan fingerprint density at radius 2 is 1.92 bits per heavy atom. The number of piperidine rings is 1. The van der Waals surface area contributed by atoms with Gasteiger partial charge in [0.05, 0.1) is 17.0 Å². The van der Waals surface area contributed by atoms with E-state index in [1.807, 2.05) is 0 Å². The molecular formula is C26H26ClFN6O4. The number of hydrogen-bond acceptors (Lipinski definition) is 5.